The standard InChI is InChI=1S/C14H18N2O4S/c1-9-14(17)15-12-8-11(6-7-13(12)20-9)21(18,19)16-10-4-2-3-5-10/h6-10,16H,2-5H2,1H3,(H,15,17)/t9-/m0/s1. The van der Waals surface area contributed by atoms with Gasteiger partial charge in [-0.1, -0.05) is 12.8 Å². The first kappa shape index (κ1) is 14.3. The summed E-state index contributed by atoms with van der Waals surface area (Å²) in [6.45, 7) is 1.64. The second kappa shape index (κ2) is 5.31. The van der Waals surface area contributed by atoms with Gasteiger partial charge in [-0.2, -0.15) is 0 Å². The first-order chi connectivity index (χ1) is 9.95. The van der Waals surface area contributed by atoms with Crippen LogP contribution in [-0.2, 0) is 14.8 Å². The van der Waals surface area contributed by atoms with E-state index in [0.717, 1.165) is 25.7 Å². The number of sulfonamides is 1. The maximum atomic E-state index is 12.4. The molecular formula is C14H18N2O4S. The van der Waals surface area contributed by atoms with Crippen LogP contribution in [0.5, 0.6) is 5.75 Å². The van der Waals surface area contributed by atoms with E-state index in [9.17, 15) is 13.2 Å². The fourth-order valence-electron chi connectivity index (χ4n) is 2.69. The molecule has 1 aliphatic carbocycles. The Morgan fingerprint density at radius 2 is 2.00 bits per heavy atom. The molecule has 6 nitrogen and oxygen atoms in total. The quantitative estimate of drug-likeness (QED) is 0.888. The van der Waals surface area contributed by atoms with E-state index >= 15 is 0 Å². The first-order valence-electron chi connectivity index (χ1n) is 7.09. The highest BCUT2D eigenvalue weighted by molar-refractivity contribution is 7.89. The fourth-order valence-corrected chi connectivity index (χ4v) is 4.02. The van der Waals surface area contributed by atoms with Gasteiger partial charge in [-0.15, -0.1) is 0 Å². The largest absolute Gasteiger partial charge is 0.479 e. The van der Waals surface area contributed by atoms with Gasteiger partial charge in [0.1, 0.15) is 5.75 Å². The number of benzene rings is 1. The van der Waals surface area contributed by atoms with Crippen LogP contribution in [0, 0.1) is 0 Å². The van der Waals surface area contributed by atoms with Gasteiger partial charge in [-0.25, -0.2) is 13.1 Å². The van der Waals surface area contributed by atoms with E-state index in [4.69, 9.17) is 4.74 Å². The average molecular weight is 310 g/mol. The molecule has 0 saturated heterocycles. The van der Waals surface area contributed by atoms with Crippen molar-refractivity contribution in [2.24, 2.45) is 0 Å². The zero-order valence-corrected chi connectivity index (χ0v) is 12.6. The molecular weight excluding hydrogens is 292 g/mol. The van der Waals surface area contributed by atoms with Gasteiger partial charge in [-0.05, 0) is 38.0 Å². The highest BCUT2D eigenvalue weighted by Crippen LogP contribution is 2.32. The highest BCUT2D eigenvalue weighted by Gasteiger charge is 2.27. The lowest BCUT2D eigenvalue weighted by molar-refractivity contribution is -0.122. The minimum atomic E-state index is -3.57. The predicted octanol–water partition coefficient (Wildman–Crippen LogP) is 1.63. The van der Waals surface area contributed by atoms with E-state index in [1.54, 1.807) is 13.0 Å². The second-order valence-electron chi connectivity index (χ2n) is 5.51. The van der Waals surface area contributed by atoms with Gasteiger partial charge in [0.15, 0.2) is 6.10 Å². The smallest absolute Gasteiger partial charge is 0.265 e. The van der Waals surface area contributed by atoms with Crippen LogP contribution >= 0.6 is 0 Å². The normalized spacial score (nSPS) is 22.5. The van der Waals surface area contributed by atoms with Crippen molar-refractivity contribution in [3.63, 3.8) is 0 Å². The zero-order chi connectivity index (χ0) is 15.0. The summed E-state index contributed by atoms with van der Waals surface area (Å²) in [7, 11) is -3.57. The van der Waals surface area contributed by atoms with Crippen LogP contribution in [0.3, 0.4) is 0 Å². The molecule has 1 aromatic carbocycles. The van der Waals surface area contributed by atoms with Gasteiger partial charge in [0.2, 0.25) is 10.0 Å². The van der Waals surface area contributed by atoms with Gasteiger partial charge in [0.25, 0.3) is 5.91 Å². The summed E-state index contributed by atoms with van der Waals surface area (Å²) in [6.07, 6.45) is 3.29. The number of ether oxygens (including phenoxy) is 1. The van der Waals surface area contributed by atoms with E-state index in [1.165, 1.54) is 12.1 Å². The number of carbonyl (C=O) groups excluding carboxylic acids is 1. The topological polar surface area (TPSA) is 84.5 Å². The number of hydrogen-bond acceptors (Lipinski definition) is 4. The third-order valence-electron chi connectivity index (χ3n) is 3.87. The Balaban J connectivity index is 1.86. The Bertz CT molecular complexity index is 666. The Morgan fingerprint density at radius 1 is 1.29 bits per heavy atom. The number of carbonyl (C=O) groups is 1. The molecule has 21 heavy (non-hydrogen) atoms. The summed E-state index contributed by atoms with van der Waals surface area (Å²) in [5.74, 6) is 0.211. The fraction of sp³-hybridized carbons (Fsp3) is 0.500. The predicted molar refractivity (Wildman–Crippen MR) is 77.7 cm³/mol. The molecule has 114 valence electrons. The Morgan fingerprint density at radius 3 is 2.71 bits per heavy atom. The molecule has 1 fully saturated rings. The van der Waals surface area contributed by atoms with E-state index in [1.807, 2.05) is 0 Å². The number of anilines is 1. The molecule has 1 amide bonds. The summed E-state index contributed by atoms with van der Waals surface area (Å²) < 4.78 is 32.8. The second-order valence-corrected chi connectivity index (χ2v) is 7.22. The molecule has 0 spiro atoms. The minimum absolute atomic E-state index is 0.0110. The summed E-state index contributed by atoms with van der Waals surface area (Å²) in [5, 5.41) is 2.66. The Labute approximate surface area is 123 Å². The van der Waals surface area contributed by atoms with Crippen LogP contribution < -0.4 is 14.8 Å². The molecule has 0 unspecified atom stereocenters. The van der Waals surface area contributed by atoms with Crippen molar-refractivity contribution in [2.75, 3.05) is 5.32 Å². The van der Waals surface area contributed by atoms with Gasteiger partial charge < -0.3 is 10.1 Å². The van der Waals surface area contributed by atoms with Crippen LogP contribution in [0.1, 0.15) is 32.6 Å². The third kappa shape index (κ3) is 2.89. The van der Waals surface area contributed by atoms with E-state index in [-0.39, 0.29) is 16.8 Å². The molecule has 1 atom stereocenters. The number of rotatable bonds is 3. The van der Waals surface area contributed by atoms with Crippen LogP contribution in [0.4, 0.5) is 5.69 Å². The van der Waals surface area contributed by atoms with Crippen molar-refractivity contribution < 1.29 is 17.9 Å². The molecule has 0 bridgehead atoms. The molecule has 0 aromatic heterocycles. The molecule has 1 aromatic rings. The van der Waals surface area contributed by atoms with Crippen molar-refractivity contribution >= 4 is 21.6 Å². The molecule has 3 rings (SSSR count). The lowest BCUT2D eigenvalue weighted by Crippen LogP contribution is -2.35. The monoisotopic (exact) mass is 310 g/mol. The Kier molecular flexibility index (Phi) is 3.62. The third-order valence-corrected chi connectivity index (χ3v) is 5.39. The molecule has 1 saturated carbocycles. The average Bonchev–Trinajstić information content (AvgIpc) is 2.91. The zero-order valence-electron chi connectivity index (χ0n) is 11.8. The van der Waals surface area contributed by atoms with Crippen molar-refractivity contribution in [1.82, 2.24) is 4.72 Å². The van der Waals surface area contributed by atoms with Gasteiger partial charge >= 0.3 is 0 Å². The molecule has 1 aliphatic heterocycles. The lowest BCUT2D eigenvalue weighted by atomic mass is 10.2. The summed E-state index contributed by atoms with van der Waals surface area (Å²) in [4.78, 5) is 11.7. The van der Waals surface area contributed by atoms with Gasteiger partial charge in [0.05, 0.1) is 10.6 Å². The van der Waals surface area contributed by atoms with Crippen LogP contribution in [0.15, 0.2) is 23.1 Å². The maximum Gasteiger partial charge on any atom is 0.265 e. The molecule has 7 heteroatoms. The van der Waals surface area contributed by atoms with Crippen molar-refractivity contribution in [2.45, 2.75) is 49.6 Å². The van der Waals surface area contributed by atoms with Gasteiger partial charge in [-0.3, -0.25) is 4.79 Å². The first-order valence-corrected chi connectivity index (χ1v) is 8.58. The van der Waals surface area contributed by atoms with Crippen molar-refractivity contribution in [3.05, 3.63) is 18.2 Å². The summed E-state index contributed by atoms with van der Waals surface area (Å²) in [5.41, 5.74) is 0.396. The summed E-state index contributed by atoms with van der Waals surface area (Å²) in [6, 6.07) is 4.53. The molecule has 1 heterocycles. The van der Waals surface area contributed by atoms with E-state index in [0.29, 0.717) is 11.4 Å². The maximum absolute atomic E-state index is 12.4. The molecule has 2 N–H and O–H groups in total. The number of hydrogen-bond donors (Lipinski definition) is 2. The van der Waals surface area contributed by atoms with Crippen LogP contribution in [-0.4, -0.2) is 26.5 Å². The van der Waals surface area contributed by atoms with Crippen molar-refractivity contribution in [1.29, 1.82) is 0 Å². The molecule has 0 radical (unpaired) electrons. The van der Waals surface area contributed by atoms with Crippen molar-refractivity contribution in [3.8, 4) is 5.75 Å². The number of fused-ring (bicyclic) bond motifs is 1. The SMILES string of the molecule is C[C@@H]1Oc2ccc(S(=O)(=O)NC3CCCC3)cc2NC1=O. The highest BCUT2D eigenvalue weighted by atomic mass is 32.2. The number of nitrogens with one attached hydrogen (secondary N) is 2. The molecule has 2 aliphatic rings. The van der Waals surface area contributed by atoms with Crippen LogP contribution in [0.2, 0.25) is 0 Å². The van der Waals surface area contributed by atoms with Gasteiger partial charge in [0, 0.05) is 6.04 Å². The Hall–Kier alpha value is -1.60. The van der Waals surface area contributed by atoms with Crippen LogP contribution in [0.25, 0.3) is 0 Å². The lowest BCUT2D eigenvalue weighted by Gasteiger charge is -2.23. The summed E-state index contributed by atoms with van der Waals surface area (Å²) >= 11 is 0. The minimum Gasteiger partial charge on any atom is -0.479 e. The number of amides is 1. The van der Waals surface area contributed by atoms with E-state index in [2.05, 4.69) is 10.0 Å². The van der Waals surface area contributed by atoms with E-state index < -0.39 is 16.1 Å².